The van der Waals surface area contributed by atoms with Gasteiger partial charge >= 0.3 is 5.97 Å². The fraction of sp³-hybridized carbons (Fsp3) is 0.500. The monoisotopic (exact) mass is 169 g/mol. The molecule has 0 aliphatic carbocycles. The van der Waals surface area contributed by atoms with E-state index in [1.54, 1.807) is 20.8 Å². The standard InChI is InChI=1S/C8H11NO3/c1-8(2,3)12-7(11)6(4-9)5-10/h5,10H,1-3H3/b6-5+. The second kappa shape index (κ2) is 3.77. The Hall–Kier alpha value is -1.50. The van der Waals surface area contributed by atoms with Gasteiger partial charge < -0.3 is 9.84 Å². The molecule has 12 heavy (non-hydrogen) atoms. The molecule has 0 atom stereocenters. The third kappa shape index (κ3) is 3.62. The zero-order valence-electron chi connectivity index (χ0n) is 7.29. The largest absolute Gasteiger partial charge is 0.514 e. The number of carbonyl (C=O) groups is 1. The number of rotatable bonds is 1. The number of esters is 1. The average molecular weight is 169 g/mol. The number of nitriles is 1. The Morgan fingerprint density at radius 3 is 2.33 bits per heavy atom. The first-order valence-corrected chi connectivity index (χ1v) is 3.38. The SMILES string of the molecule is CC(C)(C)OC(=O)/C(C#N)=C/O. The fourth-order valence-electron chi connectivity index (χ4n) is 0.460. The van der Waals surface area contributed by atoms with E-state index in [9.17, 15) is 4.79 Å². The van der Waals surface area contributed by atoms with Crippen LogP contribution in [0.5, 0.6) is 0 Å². The van der Waals surface area contributed by atoms with Crippen LogP contribution >= 0.6 is 0 Å². The summed E-state index contributed by atoms with van der Waals surface area (Å²) in [5.41, 5.74) is -1.05. The van der Waals surface area contributed by atoms with Crippen LogP contribution in [-0.2, 0) is 9.53 Å². The van der Waals surface area contributed by atoms with Gasteiger partial charge in [-0.25, -0.2) is 4.79 Å². The van der Waals surface area contributed by atoms with Crippen LogP contribution in [0, 0.1) is 11.3 Å². The van der Waals surface area contributed by atoms with E-state index in [1.807, 2.05) is 0 Å². The molecule has 0 aliphatic rings. The lowest BCUT2D eigenvalue weighted by Crippen LogP contribution is -2.24. The van der Waals surface area contributed by atoms with Crippen molar-refractivity contribution in [2.45, 2.75) is 26.4 Å². The highest BCUT2D eigenvalue weighted by molar-refractivity contribution is 5.92. The van der Waals surface area contributed by atoms with Gasteiger partial charge in [0.15, 0.2) is 5.57 Å². The van der Waals surface area contributed by atoms with Gasteiger partial charge in [-0.2, -0.15) is 5.26 Å². The van der Waals surface area contributed by atoms with Crippen LogP contribution in [-0.4, -0.2) is 16.7 Å². The van der Waals surface area contributed by atoms with Crippen LogP contribution in [0.1, 0.15) is 20.8 Å². The normalized spacial score (nSPS) is 12.0. The molecule has 0 aromatic heterocycles. The molecule has 0 aromatic carbocycles. The summed E-state index contributed by atoms with van der Waals surface area (Å²) >= 11 is 0. The zero-order chi connectivity index (χ0) is 9.78. The second-order valence-corrected chi connectivity index (χ2v) is 3.16. The van der Waals surface area contributed by atoms with Gasteiger partial charge in [-0.05, 0) is 20.8 Å². The number of aliphatic hydroxyl groups is 1. The Kier molecular flexibility index (Phi) is 3.30. The second-order valence-electron chi connectivity index (χ2n) is 3.16. The molecule has 0 amide bonds. The number of ether oxygens (including phenoxy) is 1. The third-order valence-corrected chi connectivity index (χ3v) is 0.868. The average Bonchev–Trinajstić information content (AvgIpc) is 1.85. The molecule has 0 aromatic rings. The number of hydrogen-bond donors (Lipinski definition) is 1. The number of nitrogens with zero attached hydrogens (tertiary/aromatic N) is 1. The minimum absolute atomic E-state index is 0.398. The highest BCUT2D eigenvalue weighted by Gasteiger charge is 2.19. The van der Waals surface area contributed by atoms with Gasteiger partial charge in [0, 0.05) is 0 Å². The number of aliphatic hydroxyl groups excluding tert-OH is 1. The summed E-state index contributed by atoms with van der Waals surface area (Å²) in [6.45, 7) is 5.03. The minimum atomic E-state index is -0.813. The first-order valence-electron chi connectivity index (χ1n) is 3.38. The molecule has 0 spiro atoms. The summed E-state index contributed by atoms with van der Waals surface area (Å²) in [4.78, 5) is 10.9. The molecular weight excluding hydrogens is 158 g/mol. The third-order valence-electron chi connectivity index (χ3n) is 0.868. The van der Waals surface area contributed by atoms with E-state index in [0.29, 0.717) is 6.26 Å². The van der Waals surface area contributed by atoms with Gasteiger partial charge in [-0.1, -0.05) is 0 Å². The highest BCUT2D eigenvalue weighted by atomic mass is 16.6. The van der Waals surface area contributed by atoms with Crippen molar-refractivity contribution in [1.82, 2.24) is 0 Å². The van der Waals surface area contributed by atoms with Crippen molar-refractivity contribution in [2.24, 2.45) is 0 Å². The predicted octanol–water partition coefficient (Wildman–Crippen LogP) is 1.29. The van der Waals surface area contributed by atoms with Gasteiger partial charge in [-0.15, -0.1) is 0 Å². The Labute approximate surface area is 71.1 Å². The van der Waals surface area contributed by atoms with Crippen LogP contribution in [0.4, 0.5) is 0 Å². The summed E-state index contributed by atoms with van der Waals surface area (Å²) in [6, 6.07) is 1.51. The summed E-state index contributed by atoms with van der Waals surface area (Å²) in [5.74, 6) is -0.813. The molecule has 0 radical (unpaired) electrons. The lowest BCUT2D eigenvalue weighted by atomic mass is 10.2. The molecule has 0 saturated carbocycles. The van der Waals surface area contributed by atoms with Crippen molar-refractivity contribution in [3.63, 3.8) is 0 Å². The molecular formula is C8H11NO3. The quantitative estimate of drug-likeness (QED) is 0.278. The Bertz CT molecular complexity index is 242. The fourth-order valence-corrected chi connectivity index (χ4v) is 0.460. The molecule has 0 rings (SSSR count). The van der Waals surface area contributed by atoms with Crippen LogP contribution in [0.3, 0.4) is 0 Å². The molecule has 0 heterocycles. The molecule has 0 aliphatic heterocycles. The minimum Gasteiger partial charge on any atom is -0.514 e. The molecule has 0 bridgehead atoms. The van der Waals surface area contributed by atoms with Crippen molar-refractivity contribution in [1.29, 1.82) is 5.26 Å². The van der Waals surface area contributed by atoms with Crippen LogP contribution in [0.2, 0.25) is 0 Å². The van der Waals surface area contributed by atoms with E-state index in [-0.39, 0.29) is 0 Å². The van der Waals surface area contributed by atoms with Gasteiger partial charge in [0.1, 0.15) is 17.9 Å². The molecule has 0 fully saturated rings. The van der Waals surface area contributed by atoms with Crippen molar-refractivity contribution in [3.8, 4) is 6.07 Å². The van der Waals surface area contributed by atoms with Gasteiger partial charge in [0.2, 0.25) is 0 Å². The first-order chi connectivity index (χ1) is 5.40. The number of carbonyl (C=O) groups excluding carboxylic acids is 1. The Balaban J connectivity index is 4.36. The van der Waals surface area contributed by atoms with Crippen molar-refractivity contribution in [3.05, 3.63) is 11.8 Å². The van der Waals surface area contributed by atoms with E-state index in [4.69, 9.17) is 15.1 Å². The molecule has 0 unspecified atom stereocenters. The lowest BCUT2D eigenvalue weighted by Gasteiger charge is -2.18. The summed E-state index contributed by atoms with van der Waals surface area (Å²) in [5, 5.41) is 16.7. The smallest absolute Gasteiger partial charge is 0.352 e. The van der Waals surface area contributed by atoms with Crippen LogP contribution in [0.15, 0.2) is 11.8 Å². The maximum atomic E-state index is 10.9. The highest BCUT2D eigenvalue weighted by Crippen LogP contribution is 2.09. The molecule has 4 heteroatoms. The number of hydrogen-bond acceptors (Lipinski definition) is 4. The van der Waals surface area contributed by atoms with Crippen LogP contribution < -0.4 is 0 Å². The lowest BCUT2D eigenvalue weighted by molar-refractivity contribution is -0.149. The Morgan fingerprint density at radius 1 is 1.58 bits per heavy atom. The van der Waals surface area contributed by atoms with Crippen LogP contribution in [0.25, 0.3) is 0 Å². The van der Waals surface area contributed by atoms with Gasteiger partial charge in [0.25, 0.3) is 0 Å². The Morgan fingerprint density at radius 2 is 2.08 bits per heavy atom. The zero-order valence-corrected chi connectivity index (χ0v) is 7.29. The molecule has 1 N–H and O–H groups in total. The summed E-state index contributed by atoms with van der Waals surface area (Å²) in [6.07, 6.45) is 0.439. The van der Waals surface area contributed by atoms with E-state index in [1.165, 1.54) is 6.07 Å². The maximum Gasteiger partial charge on any atom is 0.352 e. The molecule has 0 saturated heterocycles. The first kappa shape index (κ1) is 10.5. The van der Waals surface area contributed by atoms with E-state index < -0.39 is 17.1 Å². The van der Waals surface area contributed by atoms with E-state index in [2.05, 4.69) is 0 Å². The molecule has 4 nitrogen and oxygen atoms in total. The van der Waals surface area contributed by atoms with Gasteiger partial charge in [-0.3, -0.25) is 0 Å². The maximum absolute atomic E-state index is 10.9. The van der Waals surface area contributed by atoms with E-state index in [0.717, 1.165) is 0 Å². The van der Waals surface area contributed by atoms with Crippen molar-refractivity contribution in [2.75, 3.05) is 0 Å². The molecule has 66 valence electrons. The van der Waals surface area contributed by atoms with Crippen molar-refractivity contribution >= 4 is 5.97 Å². The summed E-state index contributed by atoms with van der Waals surface area (Å²) in [7, 11) is 0. The van der Waals surface area contributed by atoms with Gasteiger partial charge in [0.05, 0.1) is 0 Å². The van der Waals surface area contributed by atoms with E-state index >= 15 is 0 Å². The topological polar surface area (TPSA) is 70.3 Å². The summed E-state index contributed by atoms with van der Waals surface area (Å²) < 4.78 is 4.79. The predicted molar refractivity (Wildman–Crippen MR) is 42.2 cm³/mol. The van der Waals surface area contributed by atoms with Crippen molar-refractivity contribution < 1.29 is 14.6 Å².